The zero-order valence-electron chi connectivity index (χ0n) is 17.9. The van der Waals surface area contributed by atoms with Gasteiger partial charge in [0.25, 0.3) is 5.56 Å². The second-order valence-corrected chi connectivity index (χ2v) is 7.73. The van der Waals surface area contributed by atoms with Crippen LogP contribution in [0.25, 0.3) is 0 Å². The molecule has 1 unspecified atom stereocenters. The summed E-state index contributed by atoms with van der Waals surface area (Å²) in [7, 11) is 1.33. The molecular formula is C22H28N4O5. The fraction of sp³-hybridized carbons (Fsp3) is 0.455. The number of carbonyl (C=O) groups excluding carboxylic acids is 2. The number of piperidine rings is 1. The van der Waals surface area contributed by atoms with Crippen molar-refractivity contribution in [2.45, 2.75) is 26.3 Å². The third kappa shape index (κ3) is 4.93. The summed E-state index contributed by atoms with van der Waals surface area (Å²) in [6, 6.07) is 9.19. The molecule has 166 valence electrons. The van der Waals surface area contributed by atoms with E-state index in [1.165, 1.54) is 11.6 Å². The Morgan fingerprint density at radius 1 is 1.19 bits per heavy atom. The molecule has 1 saturated heterocycles. The summed E-state index contributed by atoms with van der Waals surface area (Å²) in [5, 5.41) is 0. The normalized spacial score (nSPS) is 16.8. The second kappa shape index (κ2) is 9.74. The number of nitrogens with two attached hydrogens (primary N) is 1. The van der Waals surface area contributed by atoms with Gasteiger partial charge in [-0.05, 0) is 31.9 Å². The number of rotatable bonds is 7. The highest BCUT2D eigenvalue weighted by Gasteiger charge is 2.29. The number of esters is 1. The summed E-state index contributed by atoms with van der Waals surface area (Å²) in [4.78, 5) is 52.3. The SMILES string of the molecule is CCOC(=O)C1CCCN(CC(=O)c2c(N)n(Cc3ccccc3)c(=O)n(C)c2=O)C1. The van der Waals surface area contributed by atoms with Gasteiger partial charge in [0.2, 0.25) is 0 Å². The zero-order valence-corrected chi connectivity index (χ0v) is 17.9. The first-order valence-electron chi connectivity index (χ1n) is 10.4. The van der Waals surface area contributed by atoms with Crippen molar-refractivity contribution >= 4 is 17.6 Å². The van der Waals surface area contributed by atoms with E-state index in [0.717, 1.165) is 16.6 Å². The Morgan fingerprint density at radius 3 is 2.58 bits per heavy atom. The van der Waals surface area contributed by atoms with E-state index >= 15 is 0 Å². The number of nitrogen functional groups attached to an aromatic ring is 1. The molecular weight excluding hydrogens is 400 g/mol. The van der Waals surface area contributed by atoms with E-state index < -0.39 is 17.0 Å². The van der Waals surface area contributed by atoms with Crippen molar-refractivity contribution in [1.29, 1.82) is 0 Å². The van der Waals surface area contributed by atoms with Crippen LogP contribution in [0.2, 0.25) is 0 Å². The molecule has 0 spiro atoms. The quantitative estimate of drug-likeness (QED) is 0.508. The van der Waals surface area contributed by atoms with Crippen LogP contribution in [0.5, 0.6) is 0 Å². The topological polar surface area (TPSA) is 117 Å². The van der Waals surface area contributed by atoms with E-state index in [-0.39, 0.29) is 36.4 Å². The lowest BCUT2D eigenvalue weighted by Gasteiger charge is -2.30. The zero-order chi connectivity index (χ0) is 22.5. The molecule has 2 aromatic rings. The van der Waals surface area contributed by atoms with E-state index in [9.17, 15) is 19.2 Å². The summed E-state index contributed by atoms with van der Waals surface area (Å²) in [6.07, 6.45) is 1.45. The van der Waals surface area contributed by atoms with Gasteiger partial charge in [0.15, 0.2) is 5.78 Å². The van der Waals surface area contributed by atoms with Crippen LogP contribution in [-0.4, -0.2) is 52.0 Å². The minimum atomic E-state index is -0.712. The van der Waals surface area contributed by atoms with Crippen molar-refractivity contribution in [1.82, 2.24) is 14.0 Å². The molecule has 2 heterocycles. The first-order chi connectivity index (χ1) is 14.8. The number of hydrogen-bond donors (Lipinski definition) is 1. The van der Waals surface area contributed by atoms with E-state index in [0.29, 0.717) is 26.1 Å². The monoisotopic (exact) mass is 428 g/mol. The Morgan fingerprint density at radius 2 is 1.90 bits per heavy atom. The maximum absolute atomic E-state index is 13.1. The van der Waals surface area contributed by atoms with Crippen LogP contribution in [0.3, 0.4) is 0 Å². The second-order valence-electron chi connectivity index (χ2n) is 7.73. The van der Waals surface area contributed by atoms with Crippen molar-refractivity contribution in [3.05, 3.63) is 62.3 Å². The van der Waals surface area contributed by atoms with Gasteiger partial charge < -0.3 is 10.5 Å². The third-order valence-electron chi connectivity index (χ3n) is 5.54. The maximum atomic E-state index is 13.1. The lowest BCUT2D eigenvalue weighted by atomic mass is 9.97. The van der Waals surface area contributed by atoms with Crippen molar-refractivity contribution < 1.29 is 14.3 Å². The minimum Gasteiger partial charge on any atom is -0.466 e. The summed E-state index contributed by atoms with van der Waals surface area (Å²) in [5.74, 6) is -1.18. The molecule has 1 aliphatic heterocycles. The molecule has 1 aromatic heterocycles. The van der Waals surface area contributed by atoms with Gasteiger partial charge in [-0.1, -0.05) is 30.3 Å². The Bertz CT molecular complexity index is 1070. The molecule has 1 fully saturated rings. The van der Waals surface area contributed by atoms with E-state index in [1.807, 2.05) is 35.2 Å². The molecule has 0 radical (unpaired) electrons. The third-order valence-corrected chi connectivity index (χ3v) is 5.54. The number of benzene rings is 1. The molecule has 3 rings (SSSR count). The van der Waals surface area contributed by atoms with E-state index in [2.05, 4.69) is 0 Å². The van der Waals surface area contributed by atoms with Crippen LogP contribution < -0.4 is 17.0 Å². The summed E-state index contributed by atoms with van der Waals surface area (Å²) >= 11 is 0. The lowest BCUT2D eigenvalue weighted by molar-refractivity contribution is -0.149. The number of anilines is 1. The average molecular weight is 428 g/mol. The molecule has 1 aliphatic rings. The fourth-order valence-electron chi connectivity index (χ4n) is 3.90. The standard InChI is InChI=1S/C22H28N4O5/c1-3-31-21(29)16-10-7-11-25(13-16)14-17(27)18-19(23)26(22(30)24(2)20(18)28)12-15-8-5-4-6-9-15/h4-6,8-9,16H,3,7,10-14,23H2,1-2H3. The number of aromatic nitrogens is 2. The highest BCUT2D eigenvalue weighted by molar-refractivity contribution is 6.01. The Hall–Kier alpha value is -3.20. The lowest BCUT2D eigenvalue weighted by Crippen LogP contribution is -2.46. The van der Waals surface area contributed by atoms with Gasteiger partial charge in [-0.3, -0.25) is 28.4 Å². The minimum absolute atomic E-state index is 0.0567. The van der Waals surface area contributed by atoms with Gasteiger partial charge in [-0.2, -0.15) is 0 Å². The number of nitrogens with zero attached hydrogens (tertiary/aromatic N) is 3. The van der Waals surface area contributed by atoms with Gasteiger partial charge >= 0.3 is 11.7 Å². The van der Waals surface area contributed by atoms with Gasteiger partial charge in [-0.25, -0.2) is 4.79 Å². The molecule has 0 amide bonds. The van der Waals surface area contributed by atoms with Crippen molar-refractivity contribution in [3.63, 3.8) is 0 Å². The van der Waals surface area contributed by atoms with Crippen LogP contribution in [0.1, 0.15) is 35.7 Å². The van der Waals surface area contributed by atoms with Crippen molar-refractivity contribution in [2.75, 3.05) is 32.0 Å². The number of ketones is 1. The van der Waals surface area contributed by atoms with Gasteiger partial charge in [0, 0.05) is 13.6 Å². The molecule has 2 N–H and O–H groups in total. The number of hydrogen-bond acceptors (Lipinski definition) is 7. The fourth-order valence-corrected chi connectivity index (χ4v) is 3.90. The van der Waals surface area contributed by atoms with Crippen LogP contribution in [-0.2, 0) is 23.1 Å². The highest BCUT2D eigenvalue weighted by Crippen LogP contribution is 2.19. The molecule has 31 heavy (non-hydrogen) atoms. The summed E-state index contributed by atoms with van der Waals surface area (Å²) in [6.45, 7) is 3.17. The van der Waals surface area contributed by atoms with Crippen molar-refractivity contribution in [3.8, 4) is 0 Å². The van der Waals surface area contributed by atoms with Gasteiger partial charge in [0.05, 0.1) is 25.6 Å². The Balaban J connectivity index is 1.86. The summed E-state index contributed by atoms with van der Waals surface area (Å²) < 4.78 is 7.24. The van der Waals surface area contributed by atoms with Crippen LogP contribution in [0, 0.1) is 5.92 Å². The van der Waals surface area contributed by atoms with Crippen LogP contribution in [0.4, 0.5) is 5.82 Å². The molecule has 9 nitrogen and oxygen atoms in total. The summed E-state index contributed by atoms with van der Waals surface area (Å²) in [5.41, 5.74) is 5.49. The number of Topliss-reactive ketones (excluding diaryl/α,β-unsaturated/α-hetero) is 1. The smallest absolute Gasteiger partial charge is 0.332 e. The van der Waals surface area contributed by atoms with E-state index in [1.54, 1.807) is 6.92 Å². The number of ether oxygens (including phenoxy) is 1. The van der Waals surface area contributed by atoms with E-state index in [4.69, 9.17) is 10.5 Å². The molecule has 0 bridgehead atoms. The average Bonchev–Trinajstić information content (AvgIpc) is 2.76. The van der Waals surface area contributed by atoms with Crippen LogP contribution >= 0.6 is 0 Å². The highest BCUT2D eigenvalue weighted by atomic mass is 16.5. The number of likely N-dealkylation sites (tertiary alicyclic amines) is 1. The predicted molar refractivity (Wildman–Crippen MR) is 116 cm³/mol. The van der Waals surface area contributed by atoms with Gasteiger partial charge in [-0.15, -0.1) is 0 Å². The largest absolute Gasteiger partial charge is 0.466 e. The first kappa shape index (κ1) is 22.5. The first-order valence-corrected chi connectivity index (χ1v) is 10.4. The molecule has 1 aromatic carbocycles. The predicted octanol–water partition coefficient (Wildman–Crippen LogP) is 0.635. The maximum Gasteiger partial charge on any atom is 0.332 e. The van der Waals surface area contributed by atoms with Gasteiger partial charge in [0.1, 0.15) is 11.4 Å². The molecule has 9 heteroatoms. The molecule has 0 aliphatic carbocycles. The van der Waals surface area contributed by atoms with Crippen LogP contribution in [0.15, 0.2) is 39.9 Å². The molecule has 1 atom stereocenters. The molecule has 0 saturated carbocycles. The Kier molecular flexibility index (Phi) is 7.06. The number of carbonyl (C=O) groups is 2. The van der Waals surface area contributed by atoms with Crippen molar-refractivity contribution in [2.24, 2.45) is 13.0 Å². The Labute approximate surface area is 180 Å².